The fourth-order valence-corrected chi connectivity index (χ4v) is 1.92. The molecule has 2 heterocycles. The van der Waals surface area contributed by atoms with Gasteiger partial charge in [0.2, 0.25) is 5.95 Å². The summed E-state index contributed by atoms with van der Waals surface area (Å²) in [5.74, 6) is 0.591. The molecule has 2 aromatic rings. The monoisotopic (exact) mass is 257 g/mol. The lowest BCUT2D eigenvalue weighted by atomic mass is 9.86. The Hall–Kier alpha value is -2.04. The maximum absolute atomic E-state index is 4.18. The van der Waals surface area contributed by atoms with E-state index in [0.29, 0.717) is 5.95 Å². The van der Waals surface area contributed by atoms with Crippen LogP contribution >= 0.6 is 0 Å². The van der Waals surface area contributed by atoms with Crippen molar-refractivity contribution in [2.75, 3.05) is 5.32 Å². The summed E-state index contributed by atoms with van der Waals surface area (Å²) in [4.78, 5) is 16.3. The predicted molar refractivity (Wildman–Crippen MR) is 74.5 cm³/mol. The number of anilines is 1. The molecule has 0 aliphatic carbocycles. The van der Waals surface area contributed by atoms with Gasteiger partial charge in [-0.3, -0.25) is 4.98 Å². The topological polar surface area (TPSA) is 63.6 Å². The molecular formula is C14H19N5. The lowest BCUT2D eigenvalue weighted by Gasteiger charge is -2.26. The normalized spacial score (nSPS) is 13.0. The molecule has 0 fully saturated rings. The first-order chi connectivity index (χ1) is 9.04. The zero-order valence-electron chi connectivity index (χ0n) is 11.5. The van der Waals surface area contributed by atoms with Gasteiger partial charge >= 0.3 is 0 Å². The number of hydrogen-bond donors (Lipinski definition) is 1. The van der Waals surface area contributed by atoms with Crippen LogP contribution in [0.1, 0.15) is 38.8 Å². The summed E-state index contributed by atoms with van der Waals surface area (Å²) in [5, 5.41) is 3.35. The van der Waals surface area contributed by atoms with E-state index >= 15 is 0 Å². The van der Waals surface area contributed by atoms with Crippen molar-refractivity contribution in [2.24, 2.45) is 5.41 Å². The number of aromatic nitrogens is 4. The van der Waals surface area contributed by atoms with Crippen molar-refractivity contribution in [2.45, 2.75) is 33.2 Å². The molecule has 1 N–H and O–H groups in total. The van der Waals surface area contributed by atoms with Crippen molar-refractivity contribution in [3.8, 4) is 0 Å². The van der Waals surface area contributed by atoms with Crippen LogP contribution in [0.4, 0.5) is 5.95 Å². The van der Waals surface area contributed by atoms with E-state index < -0.39 is 0 Å². The van der Waals surface area contributed by atoms with E-state index in [9.17, 15) is 0 Å². The van der Waals surface area contributed by atoms with Gasteiger partial charge in [0.05, 0.1) is 6.04 Å². The Morgan fingerprint density at radius 3 is 2.47 bits per heavy atom. The number of nitrogens with zero attached hydrogens (tertiary/aromatic N) is 4. The second kappa shape index (κ2) is 5.73. The second-order valence-corrected chi connectivity index (χ2v) is 5.71. The fourth-order valence-electron chi connectivity index (χ4n) is 1.92. The standard InChI is InChI=1S/C14H19N5/c1-14(2,3)7-12(11-5-4-6-15-8-11)19-13-17-9-16-10-18-13/h4-6,8-10,12H,7H2,1-3H3,(H,16,17,18,19)/t12-/m0/s1. The highest BCUT2D eigenvalue weighted by molar-refractivity contribution is 5.29. The Bertz CT molecular complexity index is 492. The molecule has 5 heteroatoms. The smallest absolute Gasteiger partial charge is 0.226 e. The average Bonchev–Trinajstić information content (AvgIpc) is 2.39. The predicted octanol–water partition coefficient (Wildman–Crippen LogP) is 2.86. The molecule has 0 spiro atoms. The van der Waals surface area contributed by atoms with Crippen molar-refractivity contribution < 1.29 is 0 Å². The molecule has 0 aliphatic rings. The minimum Gasteiger partial charge on any atom is -0.347 e. The number of pyridine rings is 1. The zero-order valence-corrected chi connectivity index (χ0v) is 11.5. The largest absolute Gasteiger partial charge is 0.347 e. The molecule has 0 radical (unpaired) electrons. The van der Waals surface area contributed by atoms with Crippen LogP contribution in [0.25, 0.3) is 0 Å². The van der Waals surface area contributed by atoms with Crippen molar-refractivity contribution in [3.05, 3.63) is 42.7 Å². The lowest BCUT2D eigenvalue weighted by molar-refractivity contribution is 0.351. The first kappa shape index (κ1) is 13.4. The summed E-state index contributed by atoms with van der Waals surface area (Å²) in [6.07, 6.45) is 7.61. The summed E-state index contributed by atoms with van der Waals surface area (Å²) in [7, 11) is 0. The van der Waals surface area contributed by atoms with Crippen LogP contribution in [0.3, 0.4) is 0 Å². The van der Waals surface area contributed by atoms with Gasteiger partial charge in [0.25, 0.3) is 0 Å². The molecule has 2 aromatic heterocycles. The number of rotatable bonds is 4. The van der Waals surface area contributed by atoms with E-state index in [-0.39, 0.29) is 11.5 Å². The van der Waals surface area contributed by atoms with E-state index in [1.807, 2.05) is 12.3 Å². The van der Waals surface area contributed by atoms with Gasteiger partial charge in [-0.1, -0.05) is 26.8 Å². The minimum atomic E-state index is 0.135. The summed E-state index contributed by atoms with van der Waals surface area (Å²) < 4.78 is 0. The molecule has 1 atom stereocenters. The van der Waals surface area contributed by atoms with Gasteiger partial charge in [0.1, 0.15) is 12.7 Å². The molecule has 0 saturated carbocycles. The Kier molecular flexibility index (Phi) is 4.04. The van der Waals surface area contributed by atoms with Crippen molar-refractivity contribution >= 4 is 5.95 Å². The van der Waals surface area contributed by atoms with E-state index in [1.54, 1.807) is 6.20 Å². The lowest BCUT2D eigenvalue weighted by Crippen LogP contribution is -2.20. The first-order valence-corrected chi connectivity index (χ1v) is 6.33. The highest BCUT2D eigenvalue weighted by Crippen LogP contribution is 2.30. The third-order valence-electron chi connectivity index (χ3n) is 2.70. The maximum atomic E-state index is 4.18. The van der Waals surface area contributed by atoms with E-state index in [2.05, 4.69) is 52.1 Å². The Morgan fingerprint density at radius 1 is 1.16 bits per heavy atom. The molecule has 19 heavy (non-hydrogen) atoms. The molecular weight excluding hydrogens is 238 g/mol. The van der Waals surface area contributed by atoms with Gasteiger partial charge in [-0.25, -0.2) is 15.0 Å². The molecule has 0 aromatic carbocycles. The van der Waals surface area contributed by atoms with Gasteiger partial charge in [-0.2, -0.15) is 0 Å². The summed E-state index contributed by atoms with van der Waals surface area (Å²) in [6.45, 7) is 6.64. The Morgan fingerprint density at radius 2 is 1.89 bits per heavy atom. The first-order valence-electron chi connectivity index (χ1n) is 6.33. The number of nitrogens with one attached hydrogen (secondary N) is 1. The second-order valence-electron chi connectivity index (χ2n) is 5.71. The van der Waals surface area contributed by atoms with E-state index in [0.717, 1.165) is 12.0 Å². The van der Waals surface area contributed by atoms with Crippen LogP contribution in [0, 0.1) is 5.41 Å². The molecule has 100 valence electrons. The maximum Gasteiger partial charge on any atom is 0.226 e. The van der Waals surface area contributed by atoms with Gasteiger partial charge in [0, 0.05) is 12.4 Å². The van der Waals surface area contributed by atoms with Gasteiger partial charge < -0.3 is 5.32 Å². The van der Waals surface area contributed by atoms with Crippen molar-refractivity contribution in [1.82, 2.24) is 19.9 Å². The molecule has 0 saturated heterocycles. The van der Waals surface area contributed by atoms with Crippen molar-refractivity contribution in [1.29, 1.82) is 0 Å². The highest BCUT2D eigenvalue weighted by Gasteiger charge is 2.21. The van der Waals surface area contributed by atoms with Crippen LogP contribution < -0.4 is 5.32 Å². The van der Waals surface area contributed by atoms with Crippen LogP contribution in [-0.2, 0) is 0 Å². The molecule has 0 bridgehead atoms. The van der Waals surface area contributed by atoms with Crippen LogP contribution in [0.2, 0.25) is 0 Å². The molecule has 2 rings (SSSR count). The van der Waals surface area contributed by atoms with Gasteiger partial charge in [-0.05, 0) is 23.5 Å². The van der Waals surface area contributed by atoms with Crippen LogP contribution in [-0.4, -0.2) is 19.9 Å². The Balaban J connectivity index is 2.20. The summed E-state index contributed by atoms with van der Waals surface area (Å²) in [6, 6.07) is 4.15. The fraction of sp³-hybridized carbons (Fsp3) is 0.429. The highest BCUT2D eigenvalue weighted by atomic mass is 15.1. The van der Waals surface area contributed by atoms with Gasteiger partial charge in [0.15, 0.2) is 0 Å². The minimum absolute atomic E-state index is 0.135. The Labute approximate surface area is 113 Å². The SMILES string of the molecule is CC(C)(C)C[C@H](Nc1ncncn1)c1cccnc1. The summed E-state index contributed by atoms with van der Waals surface area (Å²) in [5.41, 5.74) is 1.33. The van der Waals surface area contributed by atoms with Crippen LogP contribution in [0.15, 0.2) is 37.2 Å². The summed E-state index contributed by atoms with van der Waals surface area (Å²) >= 11 is 0. The van der Waals surface area contributed by atoms with Gasteiger partial charge in [-0.15, -0.1) is 0 Å². The zero-order chi connectivity index (χ0) is 13.7. The van der Waals surface area contributed by atoms with E-state index in [1.165, 1.54) is 12.7 Å². The molecule has 0 unspecified atom stereocenters. The van der Waals surface area contributed by atoms with Crippen LogP contribution in [0.5, 0.6) is 0 Å². The van der Waals surface area contributed by atoms with E-state index in [4.69, 9.17) is 0 Å². The number of hydrogen-bond acceptors (Lipinski definition) is 5. The molecule has 0 amide bonds. The quantitative estimate of drug-likeness (QED) is 0.912. The third kappa shape index (κ3) is 4.28. The molecule has 0 aliphatic heterocycles. The third-order valence-corrected chi connectivity index (χ3v) is 2.70. The average molecular weight is 257 g/mol. The molecule has 5 nitrogen and oxygen atoms in total. The van der Waals surface area contributed by atoms with Crippen molar-refractivity contribution in [3.63, 3.8) is 0 Å².